The maximum atomic E-state index is 13.4. The molecule has 2 N–H and O–H groups in total. The van der Waals surface area contributed by atoms with Gasteiger partial charge in [-0.05, 0) is 48.7 Å². The van der Waals surface area contributed by atoms with Gasteiger partial charge in [-0.1, -0.05) is 18.2 Å². The quantitative estimate of drug-likeness (QED) is 0.696. The zero-order chi connectivity index (χ0) is 19.8. The zero-order valence-electron chi connectivity index (χ0n) is 15.2. The van der Waals surface area contributed by atoms with Gasteiger partial charge in [0.25, 0.3) is 0 Å². The van der Waals surface area contributed by atoms with Crippen molar-refractivity contribution in [2.45, 2.75) is 25.8 Å². The molecule has 0 bridgehead atoms. The topological polar surface area (TPSA) is 67.4 Å². The average molecular weight is 376 g/mol. The van der Waals surface area contributed by atoms with Crippen LogP contribution in [-0.2, 0) is 9.59 Å². The Labute approximate surface area is 156 Å². The fourth-order valence-corrected chi connectivity index (χ4v) is 2.50. The molecule has 0 aliphatic carbocycles. The second-order valence-corrected chi connectivity index (χ2v) is 6.06. The van der Waals surface area contributed by atoms with Crippen molar-refractivity contribution >= 4 is 11.8 Å². The summed E-state index contributed by atoms with van der Waals surface area (Å²) in [5, 5.41) is 4.95. The first kappa shape index (κ1) is 20.4. The number of aryl methyl sites for hydroxylation is 1. The number of hydrogen-bond donors (Lipinski definition) is 2. The molecule has 2 rings (SSSR count). The molecule has 0 heterocycles. The highest BCUT2D eigenvalue weighted by atomic mass is 19.2. The van der Waals surface area contributed by atoms with Crippen LogP contribution in [0.25, 0.3) is 0 Å². The molecule has 7 heteroatoms. The van der Waals surface area contributed by atoms with E-state index in [0.29, 0.717) is 13.0 Å². The minimum atomic E-state index is -1.10. The Morgan fingerprint density at radius 1 is 1.11 bits per heavy atom. The van der Waals surface area contributed by atoms with Gasteiger partial charge in [0.2, 0.25) is 11.8 Å². The van der Waals surface area contributed by atoms with E-state index in [1.54, 1.807) is 0 Å². The van der Waals surface area contributed by atoms with Crippen molar-refractivity contribution in [2.24, 2.45) is 0 Å². The molecular weight excluding hydrogens is 354 g/mol. The highest BCUT2D eigenvalue weighted by molar-refractivity contribution is 5.88. The number of rotatable bonds is 8. The van der Waals surface area contributed by atoms with Crippen molar-refractivity contribution in [3.63, 3.8) is 0 Å². The Balaban J connectivity index is 1.89. The Morgan fingerprint density at radius 2 is 1.89 bits per heavy atom. The Bertz CT molecular complexity index is 812. The van der Waals surface area contributed by atoms with E-state index in [4.69, 9.17) is 4.74 Å². The Hall–Kier alpha value is -2.96. The molecule has 0 aromatic heterocycles. The number of nitrogens with one attached hydrogen (secondary N) is 2. The SMILES string of the molecule is CNC(=O)C(NC(=O)CCCOc1cccc(C)c1)c1ccc(F)c(F)c1. The molecule has 1 atom stereocenters. The molecule has 0 saturated carbocycles. The number of ether oxygens (including phenoxy) is 1. The predicted molar refractivity (Wildman–Crippen MR) is 97.2 cm³/mol. The molecule has 0 aliphatic heterocycles. The van der Waals surface area contributed by atoms with E-state index in [9.17, 15) is 18.4 Å². The summed E-state index contributed by atoms with van der Waals surface area (Å²) in [4.78, 5) is 24.2. The molecule has 2 amide bonds. The van der Waals surface area contributed by atoms with Crippen LogP contribution in [0.3, 0.4) is 0 Å². The first-order valence-electron chi connectivity index (χ1n) is 8.56. The van der Waals surface area contributed by atoms with Crippen LogP contribution in [0.4, 0.5) is 8.78 Å². The molecule has 0 radical (unpaired) electrons. The van der Waals surface area contributed by atoms with Gasteiger partial charge >= 0.3 is 0 Å². The summed E-state index contributed by atoms with van der Waals surface area (Å²) < 4.78 is 32.1. The van der Waals surface area contributed by atoms with E-state index >= 15 is 0 Å². The number of hydrogen-bond acceptors (Lipinski definition) is 3. The van der Waals surface area contributed by atoms with Crippen LogP contribution in [0.1, 0.15) is 30.0 Å². The van der Waals surface area contributed by atoms with Gasteiger partial charge in [-0.3, -0.25) is 9.59 Å². The molecule has 27 heavy (non-hydrogen) atoms. The van der Waals surface area contributed by atoms with Gasteiger partial charge in [0, 0.05) is 13.5 Å². The summed E-state index contributed by atoms with van der Waals surface area (Å²) in [7, 11) is 1.40. The fourth-order valence-electron chi connectivity index (χ4n) is 2.50. The average Bonchev–Trinajstić information content (AvgIpc) is 2.65. The lowest BCUT2D eigenvalue weighted by molar-refractivity contribution is -0.129. The van der Waals surface area contributed by atoms with E-state index < -0.39 is 23.6 Å². The number of likely N-dealkylation sites (N-methyl/N-ethyl adjacent to an activating group) is 1. The first-order chi connectivity index (χ1) is 12.9. The highest BCUT2D eigenvalue weighted by Gasteiger charge is 2.22. The van der Waals surface area contributed by atoms with Crippen molar-refractivity contribution in [2.75, 3.05) is 13.7 Å². The second kappa shape index (κ2) is 9.66. The van der Waals surface area contributed by atoms with Gasteiger partial charge in [0.15, 0.2) is 11.6 Å². The van der Waals surface area contributed by atoms with Gasteiger partial charge < -0.3 is 15.4 Å². The minimum Gasteiger partial charge on any atom is -0.494 e. The van der Waals surface area contributed by atoms with E-state index in [0.717, 1.165) is 23.4 Å². The number of carbonyl (C=O) groups is 2. The van der Waals surface area contributed by atoms with Gasteiger partial charge in [-0.15, -0.1) is 0 Å². The summed E-state index contributed by atoms with van der Waals surface area (Å²) in [5.41, 5.74) is 1.24. The van der Waals surface area contributed by atoms with Crippen LogP contribution < -0.4 is 15.4 Å². The number of carbonyl (C=O) groups excluding carboxylic acids is 2. The third-order valence-electron chi connectivity index (χ3n) is 3.90. The molecule has 0 saturated heterocycles. The van der Waals surface area contributed by atoms with Gasteiger partial charge in [-0.2, -0.15) is 0 Å². The summed E-state index contributed by atoms with van der Waals surface area (Å²) in [6, 6.07) is 9.54. The minimum absolute atomic E-state index is 0.128. The third kappa shape index (κ3) is 6.06. The van der Waals surface area contributed by atoms with Gasteiger partial charge in [0.1, 0.15) is 11.8 Å². The lowest BCUT2D eigenvalue weighted by atomic mass is 10.1. The smallest absolute Gasteiger partial charge is 0.246 e. The normalized spacial score (nSPS) is 11.6. The molecule has 144 valence electrons. The van der Waals surface area contributed by atoms with Crippen molar-refractivity contribution in [1.82, 2.24) is 10.6 Å². The molecule has 2 aromatic carbocycles. The number of halogens is 2. The van der Waals surface area contributed by atoms with Crippen molar-refractivity contribution in [3.05, 3.63) is 65.2 Å². The largest absolute Gasteiger partial charge is 0.494 e. The molecule has 2 aromatic rings. The number of benzene rings is 2. The van der Waals surface area contributed by atoms with Gasteiger partial charge in [0.05, 0.1) is 6.61 Å². The lowest BCUT2D eigenvalue weighted by Crippen LogP contribution is -2.39. The maximum Gasteiger partial charge on any atom is 0.246 e. The zero-order valence-corrected chi connectivity index (χ0v) is 15.2. The Kier molecular flexibility index (Phi) is 7.28. The van der Waals surface area contributed by atoms with Crippen molar-refractivity contribution in [1.29, 1.82) is 0 Å². The molecule has 0 spiro atoms. The summed E-state index contributed by atoms with van der Waals surface area (Å²) >= 11 is 0. The monoisotopic (exact) mass is 376 g/mol. The summed E-state index contributed by atoms with van der Waals surface area (Å²) in [6.45, 7) is 2.30. The molecule has 0 aliphatic rings. The molecule has 0 fully saturated rings. The lowest BCUT2D eigenvalue weighted by Gasteiger charge is -2.18. The third-order valence-corrected chi connectivity index (χ3v) is 3.90. The second-order valence-electron chi connectivity index (χ2n) is 6.06. The highest BCUT2D eigenvalue weighted by Crippen LogP contribution is 2.17. The van der Waals surface area contributed by atoms with Crippen molar-refractivity contribution < 1.29 is 23.1 Å². The Morgan fingerprint density at radius 3 is 2.56 bits per heavy atom. The fraction of sp³-hybridized carbons (Fsp3) is 0.300. The van der Waals surface area contributed by atoms with Crippen molar-refractivity contribution in [3.8, 4) is 5.75 Å². The van der Waals surface area contributed by atoms with Crippen LogP contribution in [0.15, 0.2) is 42.5 Å². The summed E-state index contributed by atoms with van der Waals surface area (Å²) in [5.74, 6) is -2.29. The maximum absolute atomic E-state index is 13.4. The van der Waals surface area contributed by atoms with E-state index in [1.165, 1.54) is 13.1 Å². The first-order valence-corrected chi connectivity index (χ1v) is 8.56. The standard InChI is InChI=1S/C20H22F2N2O3/c1-13-5-3-6-15(11-13)27-10-4-7-18(25)24-19(20(26)23-2)14-8-9-16(21)17(22)12-14/h3,5-6,8-9,11-12,19H,4,7,10H2,1-2H3,(H,23,26)(H,24,25). The molecule has 1 unspecified atom stereocenters. The van der Waals surface area contributed by atoms with Crippen LogP contribution in [0.5, 0.6) is 5.75 Å². The van der Waals surface area contributed by atoms with Crippen LogP contribution in [-0.4, -0.2) is 25.5 Å². The van der Waals surface area contributed by atoms with Crippen LogP contribution in [0.2, 0.25) is 0 Å². The van der Waals surface area contributed by atoms with Gasteiger partial charge in [-0.25, -0.2) is 8.78 Å². The predicted octanol–water partition coefficient (Wildman–Crippen LogP) is 3.04. The molecule has 5 nitrogen and oxygen atoms in total. The summed E-state index contributed by atoms with van der Waals surface area (Å²) in [6.07, 6.45) is 0.570. The van der Waals surface area contributed by atoms with E-state index in [1.807, 2.05) is 31.2 Å². The molecular formula is C20H22F2N2O3. The van der Waals surface area contributed by atoms with E-state index in [-0.39, 0.29) is 17.9 Å². The van der Waals surface area contributed by atoms with E-state index in [2.05, 4.69) is 10.6 Å². The number of amides is 2. The van der Waals surface area contributed by atoms with Crippen LogP contribution in [0, 0.1) is 18.6 Å². The van der Waals surface area contributed by atoms with Crippen LogP contribution >= 0.6 is 0 Å².